The minimum atomic E-state index is -0.247. The molecule has 0 atom stereocenters. The van der Waals surface area contributed by atoms with Crippen LogP contribution < -0.4 is 10.1 Å². The fourth-order valence-electron chi connectivity index (χ4n) is 1.16. The Morgan fingerprint density at radius 1 is 1.12 bits per heavy atom. The number of ether oxygens (including phenoxy) is 2. The number of rotatable bonds is 8. The highest BCUT2D eigenvalue weighted by atomic mass is 19.1. The molecular weight excluding hydrogens is 209 g/mol. The lowest BCUT2D eigenvalue weighted by atomic mass is 10.3. The SMILES string of the molecule is CNCCOCCCOc1ccc(F)cc1. The maximum atomic E-state index is 12.6. The summed E-state index contributed by atoms with van der Waals surface area (Å²) in [5.41, 5.74) is 0. The van der Waals surface area contributed by atoms with E-state index < -0.39 is 0 Å². The van der Waals surface area contributed by atoms with Crippen molar-refractivity contribution in [2.45, 2.75) is 6.42 Å². The Balaban J connectivity index is 2.01. The fraction of sp³-hybridized carbons (Fsp3) is 0.500. The van der Waals surface area contributed by atoms with Crippen molar-refractivity contribution < 1.29 is 13.9 Å². The minimum absolute atomic E-state index is 0.247. The van der Waals surface area contributed by atoms with Gasteiger partial charge in [0.15, 0.2) is 0 Å². The summed E-state index contributed by atoms with van der Waals surface area (Å²) >= 11 is 0. The van der Waals surface area contributed by atoms with Gasteiger partial charge in [-0.2, -0.15) is 0 Å². The highest BCUT2D eigenvalue weighted by Gasteiger charge is 1.94. The molecule has 0 fully saturated rings. The number of hydrogen-bond donors (Lipinski definition) is 1. The van der Waals surface area contributed by atoms with Crippen LogP contribution in [-0.2, 0) is 4.74 Å². The van der Waals surface area contributed by atoms with Gasteiger partial charge in [-0.05, 0) is 31.3 Å². The van der Waals surface area contributed by atoms with Crippen molar-refractivity contribution in [2.24, 2.45) is 0 Å². The predicted octanol–water partition coefficient (Wildman–Crippen LogP) is 1.83. The lowest BCUT2D eigenvalue weighted by Gasteiger charge is -2.06. The van der Waals surface area contributed by atoms with Crippen LogP contribution in [0.1, 0.15) is 6.42 Å². The summed E-state index contributed by atoms with van der Waals surface area (Å²) in [6.07, 6.45) is 0.834. The van der Waals surface area contributed by atoms with E-state index >= 15 is 0 Å². The van der Waals surface area contributed by atoms with Crippen molar-refractivity contribution in [3.05, 3.63) is 30.1 Å². The van der Waals surface area contributed by atoms with Crippen molar-refractivity contribution in [1.82, 2.24) is 5.32 Å². The molecule has 0 aliphatic heterocycles. The third-order valence-electron chi connectivity index (χ3n) is 2.01. The van der Waals surface area contributed by atoms with Gasteiger partial charge in [-0.1, -0.05) is 0 Å². The van der Waals surface area contributed by atoms with Gasteiger partial charge in [0.05, 0.1) is 13.2 Å². The van der Waals surface area contributed by atoms with Crippen LogP contribution in [0.5, 0.6) is 5.75 Å². The second-order valence-corrected chi connectivity index (χ2v) is 3.37. The molecule has 1 rings (SSSR count). The summed E-state index contributed by atoms with van der Waals surface area (Å²) in [6.45, 7) is 2.85. The monoisotopic (exact) mass is 227 g/mol. The fourth-order valence-corrected chi connectivity index (χ4v) is 1.16. The molecular formula is C12H18FNO2. The molecule has 0 spiro atoms. The summed E-state index contributed by atoms with van der Waals surface area (Å²) in [5.74, 6) is 0.444. The van der Waals surface area contributed by atoms with Gasteiger partial charge in [0.25, 0.3) is 0 Å². The number of benzene rings is 1. The Kier molecular flexibility index (Phi) is 6.53. The van der Waals surface area contributed by atoms with Crippen LogP contribution in [0.2, 0.25) is 0 Å². The quantitative estimate of drug-likeness (QED) is 0.687. The van der Waals surface area contributed by atoms with Gasteiger partial charge < -0.3 is 14.8 Å². The molecule has 1 N–H and O–H groups in total. The first-order chi connectivity index (χ1) is 7.83. The molecule has 1 aromatic rings. The molecule has 4 heteroatoms. The van der Waals surface area contributed by atoms with Gasteiger partial charge in [-0.15, -0.1) is 0 Å². The van der Waals surface area contributed by atoms with E-state index in [4.69, 9.17) is 9.47 Å². The second kappa shape index (κ2) is 8.07. The van der Waals surface area contributed by atoms with Crippen LogP contribution in [0.4, 0.5) is 4.39 Å². The molecule has 0 aliphatic carbocycles. The molecule has 0 aromatic heterocycles. The Labute approximate surface area is 95.6 Å². The van der Waals surface area contributed by atoms with E-state index in [1.807, 2.05) is 7.05 Å². The Hall–Kier alpha value is -1.13. The summed E-state index contributed by atoms with van der Waals surface area (Å²) in [7, 11) is 1.89. The molecule has 0 saturated carbocycles. The number of nitrogens with one attached hydrogen (secondary N) is 1. The third kappa shape index (κ3) is 5.68. The zero-order valence-corrected chi connectivity index (χ0v) is 9.54. The Bertz CT molecular complexity index is 277. The van der Waals surface area contributed by atoms with Crippen molar-refractivity contribution in [3.8, 4) is 5.75 Å². The largest absolute Gasteiger partial charge is 0.494 e. The minimum Gasteiger partial charge on any atom is -0.494 e. The molecule has 1 aromatic carbocycles. The number of likely N-dealkylation sites (N-methyl/N-ethyl adjacent to an activating group) is 1. The predicted molar refractivity (Wildman–Crippen MR) is 61.3 cm³/mol. The highest BCUT2D eigenvalue weighted by molar-refractivity contribution is 5.21. The standard InChI is InChI=1S/C12H18FNO2/c1-14-7-10-15-8-2-9-16-12-5-3-11(13)4-6-12/h3-6,14H,2,7-10H2,1H3. The van der Waals surface area contributed by atoms with Gasteiger partial charge >= 0.3 is 0 Å². The van der Waals surface area contributed by atoms with Crippen LogP contribution in [0.25, 0.3) is 0 Å². The highest BCUT2D eigenvalue weighted by Crippen LogP contribution is 2.10. The molecule has 16 heavy (non-hydrogen) atoms. The van der Waals surface area contributed by atoms with Gasteiger partial charge in [0, 0.05) is 19.6 Å². The topological polar surface area (TPSA) is 30.5 Å². The van der Waals surface area contributed by atoms with E-state index in [-0.39, 0.29) is 5.82 Å². The lowest BCUT2D eigenvalue weighted by Crippen LogP contribution is -2.15. The van der Waals surface area contributed by atoms with Gasteiger partial charge in [0.1, 0.15) is 11.6 Å². The van der Waals surface area contributed by atoms with Crippen LogP contribution >= 0.6 is 0 Å². The maximum Gasteiger partial charge on any atom is 0.123 e. The maximum absolute atomic E-state index is 12.6. The van der Waals surface area contributed by atoms with Gasteiger partial charge in [-0.3, -0.25) is 0 Å². The molecule has 0 unspecified atom stereocenters. The zero-order chi connectivity index (χ0) is 11.6. The van der Waals surface area contributed by atoms with Crippen molar-refractivity contribution in [1.29, 1.82) is 0 Å². The molecule has 3 nitrogen and oxygen atoms in total. The van der Waals surface area contributed by atoms with Crippen molar-refractivity contribution in [2.75, 3.05) is 33.4 Å². The summed E-state index contributed by atoms with van der Waals surface area (Å²) in [5, 5.41) is 3.00. The summed E-state index contributed by atoms with van der Waals surface area (Å²) in [6, 6.07) is 6.02. The molecule has 0 saturated heterocycles. The first-order valence-corrected chi connectivity index (χ1v) is 5.43. The van der Waals surface area contributed by atoms with Crippen molar-refractivity contribution in [3.63, 3.8) is 0 Å². The van der Waals surface area contributed by atoms with E-state index in [1.165, 1.54) is 12.1 Å². The average molecular weight is 227 g/mol. The van der Waals surface area contributed by atoms with E-state index in [1.54, 1.807) is 12.1 Å². The van der Waals surface area contributed by atoms with E-state index in [0.717, 1.165) is 13.0 Å². The van der Waals surface area contributed by atoms with Crippen LogP contribution in [-0.4, -0.2) is 33.4 Å². The van der Waals surface area contributed by atoms with Crippen LogP contribution in [0.3, 0.4) is 0 Å². The normalized spacial score (nSPS) is 10.4. The van der Waals surface area contributed by atoms with E-state index in [0.29, 0.717) is 25.6 Å². The Morgan fingerprint density at radius 2 is 1.88 bits per heavy atom. The number of halogens is 1. The smallest absolute Gasteiger partial charge is 0.123 e. The second-order valence-electron chi connectivity index (χ2n) is 3.37. The van der Waals surface area contributed by atoms with Crippen molar-refractivity contribution >= 4 is 0 Å². The molecule has 90 valence electrons. The molecule has 0 radical (unpaired) electrons. The van der Waals surface area contributed by atoms with Crippen LogP contribution in [0.15, 0.2) is 24.3 Å². The van der Waals surface area contributed by atoms with Gasteiger partial charge in [0.2, 0.25) is 0 Å². The number of hydrogen-bond acceptors (Lipinski definition) is 3. The zero-order valence-electron chi connectivity index (χ0n) is 9.54. The van der Waals surface area contributed by atoms with E-state index in [2.05, 4.69) is 5.32 Å². The third-order valence-corrected chi connectivity index (χ3v) is 2.01. The first kappa shape index (κ1) is 12.9. The molecule has 0 aliphatic rings. The lowest BCUT2D eigenvalue weighted by molar-refractivity contribution is 0.122. The molecule has 0 bridgehead atoms. The summed E-state index contributed by atoms with van der Waals surface area (Å²) < 4.78 is 23.3. The first-order valence-electron chi connectivity index (χ1n) is 5.43. The molecule has 0 amide bonds. The van der Waals surface area contributed by atoms with Crippen LogP contribution in [0, 0.1) is 5.82 Å². The summed E-state index contributed by atoms with van der Waals surface area (Å²) in [4.78, 5) is 0. The average Bonchev–Trinajstić information content (AvgIpc) is 2.30. The van der Waals surface area contributed by atoms with E-state index in [9.17, 15) is 4.39 Å². The molecule has 0 heterocycles. The van der Waals surface area contributed by atoms with Gasteiger partial charge in [-0.25, -0.2) is 4.39 Å². The Morgan fingerprint density at radius 3 is 2.56 bits per heavy atom.